The number of aromatic hydroxyl groups is 1. The number of carbonyl (C=O) groups is 2. The highest BCUT2D eigenvalue weighted by molar-refractivity contribution is 7.89. The number of fused-ring (bicyclic) bond motifs is 2. The molecule has 2 saturated carbocycles. The summed E-state index contributed by atoms with van der Waals surface area (Å²) in [6.45, 7) is 5.48. The number of amides is 1. The number of benzene rings is 1. The van der Waals surface area contributed by atoms with E-state index in [2.05, 4.69) is 5.32 Å². The largest absolute Gasteiger partial charge is 0.507 e. The number of nitrogens with zero attached hydrogens (tertiary/aromatic N) is 1. The SMILES string of the molecule is CCN(CC)S(=O)(=O)c1ccc(O)c(C(=O)OCC(=O)NC(C)C2CC3CCC2C3)c1. The van der Waals surface area contributed by atoms with E-state index in [-0.39, 0.29) is 29.6 Å². The van der Waals surface area contributed by atoms with Crippen LogP contribution >= 0.6 is 0 Å². The molecule has 0 aliphatic heterocycles. The Morgan fingerprint density at radius 1 is 1.23 bits per heavy atom. The van der Waals surface area contributed by atoms with Crippen molar-refractivity contribution < 1.29 is 27.9 Å². The first-order valence-corrected chi connectivity index (χ1v) is 12.4. The molecule has 2 bridgehead atoms. The van der Waals surface area contributed by atoms with Crippen LogP contribution in [0.4, 0.5) is 0 Å². The highest BCUT2D eigenvalue weighted by Crippen LogP contribution is 2.49. The Kier molecular flexibility index (Phi) is 7.26. The third-order valence-electron chi connectivity index (χ3n) is 6.69. The Hall–Kier alpha value is -2.13. The van der Waals surface area contributed by atoms with E-state index in [1.54, 1.807) is 13.8 Å². The fourth-order valence-corrected chi connectivity index (χ4v) is 6.55. The molecule has 172 valence electrons. The molecule has 0 aromatic heterocycles. The summed E-state index contributed by atoms with van der Waals surface area (Å²) in [6, 6.07) is 3.48. The first-order chi connectivity index (χ1) is 14.7. The normalized spacial score (nSPS) is 23.7. The molecule has 31 heavy (non-hydrogen) atoms. The van der Waals surface area contributed by atoms with Crippen molar-refractivity contribution in [3.8, 4) is 5.75 Å². The smallest absolute Gasteiger partial charge is 0.342 e. The van der Waals surface area contributed by atoms with E-state index in [1.165, 1.54) is 29.6 Å². The van der Waals surface area contributed by atoms with Gasteiger partial charge in [0.1, 0.15) is 11.3 Å². The Morgan fingerprint density at radius 2 is 1.94 bits per heavy atom. The van der Waals surface area contributed by atoms with Crippen LogP contribution < -0.4 is 5.32 Å². The zero-order valence-corrected chi connectivity index (χ0v) is 19.2. The zero-order valence-electron chi connectivity index (χ0n) is 18.3. The standard InChI is InChI=1S/C22H32N2O6S/c1-4-24(5-2)31(28,29)17-8-9-20(25)19(12-17)22(27)30-13-21(26)23-14(3)18-11-15-6-7-16(18)10-15/h8-9,12,14-16,18,25H,4-7,10-11,13H2,1-3H3,(H,23,26). The Balaban J connectivity index is 1.60. The van der Waals surface area contributed by atoms with Gasteiger partial charge in [-0.25, -0.2) is 13.2 Å². The van der Waals surface area contributed by atoms with Crippen molar-refractivity contribution in [2.45, 2.75) is 57.4 Å². The van der Waals surface area contributed by atoms with Crippen LogP contribution in [0, 0.1) is 17.8 Å². The second-order valence-electron chi connectivity index (χ2n) is 8.54. The molecule has 0 spiro atoms. The molecule has 3 rings (SSSR count). The molecule has 9 heteroatoms. The molecule has 1 aromatic carbocycles. The fraction of sp³-hybridized carbons (Fsp3) is 0.636. The number of carbonyl (C=O) groups excluding carboxylic acids is 2. The molecule has 1 aromatic rings. The summed E-state index contributed by atoms with van der Waals surface area (Å²) in [4.78, 5) is 24.6. The topological polar surface area (TPSA) is 113 Å². The highest BCUT2D eigenvalue weighted by Gasteiger charge is 2.42. The summed E-state index contributed by atoms with van der Waals surface area (Å²) in [5, 5.41) is 12.9. The Labute approximate surface area is 184 Å². The van der Waals surface area contributed by atoms with Crippen molar-refractivity contribution in [2.75, 3.05) is 19.7 Å². The first-order valence-electron chi connectivity index (χ1n) is 11.0. The molecule has 8 nitrogen and oxygen atoms in total. The second kappa shape index (κ2) is 9.56. The monoisotopic (exact) mass is 452 g/mol. The lowest BCUT2D eigenvalue weighted by Crippen LogP contribution is -2.42. The van der Waals surface area contributed by atoms with E-state index in [9.17, 15) is 23.1 Å². The summed E-state index contributed by atoms with van der Waals surface area (Å²) >= 11 is 0. The molecule has 2 N–H and O–H groups in total. The number of sulfonamides is 1. The minimum absolute atomic E-state index is 0.0115. The lowest BCUT2D eigenvalue weighted by molar-refractivity contribution is -0.125. The van der Waals surface area contributed by atoms with Crippen LogP contribution in [-0.2, 0) is 19.6 Å². The average molecular weight is 453 g/mol. The number of ether oxygens (including phenoxy) is 1. The summed E-state index contributed by atoms with van der Waals surface area (Å²) < 4.78 is 31.7. The maximum absolute atomic E-state index is 12.7. The fourth-order valence-electron chi connectivity index (χ4n) is 5.07. The number of phenolic OH excluding ortho intramolecular Hbond substituents is 1. The van der Waals surface area contributed by atoms with E-state index in [4.69, 9.17) is 4.74 Å². The molecule has 4 atom stereocenters. The molecule has 1 amide bonds. The van der Waals surface area contributed by atoms with Crippen molar-refractivity contribution in [1.82, 2.24) is 9.62 Å². The summed E-state index contributed by atoms with van der Waals surface area (Å²) in [6.07, 6.45) is 4.88. The third kappa shape index (κ3) is 5.03. The summed E-state index contributed by atoms with van der Waals surface area (Å²) in [7, 11) is -3.80. The first kappa shape index (κ1) is 23.5. The van der Waals surface area contributed by atoms with Crippen LogP contribution in [0.3, 0.4) is 0 Å². The highest BCUT2D eigenvalue weighted by atomic mass is 32.2. The third-order valence-corrected chi connectivity index (χ3v) is 8.74. The van der Waals surface area contributed by atoms with Gasteiger partial charge in [-0.1, -0.05) is 20.3 Å². The van der Waals surface area contributed by atoms with Crippen LogP contribution in [0.5, 0.6) is 5.75 Å². The van der Waals surface area contributed by atoms with E-state index in [0.717, 1.165) is 24.5 Å². The van der Waals surface area contributed by atoms with Gasteiger partial charge in [0.2, 0.25) is 10.0 Å². The van der Waals surface area contributed by atoms with Crippen molar-refractivity contribution in [3.05, 3.63) is 23.8 Å². The second-order valence-corrected chi connectivity index (χ2v) is 10.5. The maximum Gasteiger partial charge on any atom is 0.342 e. The van der Waals surface area contributed by atoms with Crippen molar-refractivity contribution in [3.63, 3.8) is 0 Å². The van der Waals surface area contributed by atoms with Gasteiger partial charge in [0.25, 0.3) is 5.91 Å². The van der Waals surface area contributed by atoms with Gasteiger partial charge in [-0.05, 0) is 62.1 Å². The molecule has 0 saturated heterocycles. The Bertz CT molecular complexity index is 928. The van der Waals surface area contributed by atoms with Crippen LogP contribution in [0.15, 0.2) is 23.1 Å². The van der Waals surface area contributed by atoms with E-state index in [1.807, 2.05) is 6.92 Å². The van der Waals surface area contributed by atoms with Gasteiger partial charge >= 0.3 is 5.97 Å². The number of esters is 1. The van der Waals surface area contributed by atoms with E-state index < -0.39 is 34.3 Å². The minimum atomic E-state index is -3.80. The molecule has 2 fully saturated rings. The van der Waals surface area contributed by atoms with Crippen molar-refractivity contribution >= 4 is 21.9 Å². The van der Waals surface area contributed by atoms with Gasteiger partial charge in [-0.15, -0.1) is 0 Å². The van der Waals surface area contributed by atoms with Gasteiger partial charge in [-0.3, -0.25) is 4.79 Å². The van der Waals surface area contributed by atoms with Gasteiger partial charge in [-0.2, -0.15) is 4.31 Å². The van der Waals surface area contributed by atoms with Crippen LogP contribution in [0.2, 0.25) is 0 Å². The van der Waals surface area contributed by atoms with Gasteiger partial charge < -0.3 is 15.2 Å². The summed E-state index contributed by atoms with van der Waals surface area (Å²) in [5.41, 5.74) is -0.290. The summed E-state index contributed by atoms with van der Waals surface area (Å²) in [5.74, 6) is 0.140. The molecule has 0 heterocycles. The molecule has 2 aliphatic rings. The molecule has 2 aliphatic carbocycles. The van der Waals surface area contributed by atoms with Crippen LogP contribution in [0.1, 0.15) is 56.8 Å². The number of phenols is 1. The Morgan fingerprint density at radius 3 is 2.52 bits per heavy atom. The van der Waals surface area contributed by atoms with Crippen molar-refractivity contribution in [1.29, 1.82) is 0 Å². The van der Waals surface area contributed by atoms with E-state index in [0.29, 0.717) is 11.8 Å². The molecule has 4 unspecified atom stereocenters. The van der Waals surface area contributed by atoms with Gasteiger partial charge in [0, 0.05) is 19.1 Å². The predicted molar refractivity (Wildman–Crippen MR) is 115 cm³/mol. The number of hydrogen-bond acceptors (Lipinski definition) is 6. The number of hydrogen-bond donors (Lipinski definition) is 2. The predicted octanol–water partition coefficient (Wildman–Crippen LogP) is 2.52. The van der Waals surface area contributed by atoms with Crippen LogP contribution in [-0.4, -0.2) is 55.4 Å². The van der Waals surface area contributed by atoms with E-state index >= 15 is 0 Å². The lowest BCUT2D eigenvalue weighted by Gasteiger charge is -2.28. The molecule has 0 radical (unpaired) electrons. The van der Waals surface area contributed by atoms with Gasteiger partial charge in [0.15, 0.2) is 6.61 Å². The molecular weight excluding hydrogens is 420 g/mol. The lowest BCUT2D eigenvalue weighted by atomic mass is 9.84. The maximum atomic E-state index is 12.7. The van der Waals surface area contributed by atoms with Crippen LogP contribution in [0.25, 0.3) is 0 Å². The molecular formula is C22H32N2O6S. The average Bonchev–Trinajstić information content (AvgIpc) is 3.36. The quantitative estimate of drug-likeness (QED) is 0.557. The number of nitrogens with one attached hydrogen (secondary N) is 1. The van der Waals surface area contributed by atoms with Gasteiger partial charge in [0.05, 0.1) is 4.90 Å². The zero-order chi connectivity index (χ0) is 22.8. The number of rotatable bonds is 9. The van der Waals surface area contributed by atoms with Crippen molar-refractivity contribution in [2.24, 2.45) is 17.8 Å². The minimum Gasteiger partial charge on any atom is -0.507 e.